The predicted octanol–water partition coefficient (Wildman–Crippen LogP) is 2.83. The minimum atomic E-state index is -0.255. The number of carbonyl (C=O) groups excluding carboxylic acids is 2. The molecule has 33 heavy (non-hydrogen) atoms. The number of ether oxygens (including phenoxy) is 2. The van der Waals surface area contributed by atoms with E-state index in [-0.39, 0.29) is 17.8 Å². The van der Waals surface area contributed by atoms with Crippen molar-refractivity contribution in [2.75, 3.05) is 20.8 Å². The summed E-state index contributed by atoms with van der Waals surface area (Å²) in [5, 5.41) is 2.96. The fraction of sp³-hybridized carbons (Fsp3) is 0.400. The maximum atomic E-state index is 11.9. The molecule has 0 aliphatic rings. The average molecular weight is 457 g/mol. The summed E-state index contributed by atoms with van der Waals surface area (Å²) in [5.41, 5.74) is 12.2. The first kappa shape index (κ1) is 27.5. The second-order valence-corrected chi connectivity index (χ2v) is 7.80. The SMILES string of the molecule is CC(C)CC(=O)N=C(N)N.COc1ccc(CCNC(=O)CCc2ccccc2)cc1OC. The molecule has 0 fully saturated rings. The average Bonchev–Trinajstić information content (AvgIpc) is 2.77. The Morgan fingerprint density at radius 1 is 0.939 bits per heavy atom. The van der Waals surface area contributed by atoms with Crippen LogP contribution in [-0.4, -0.2) is 38.5 Å². The monoisotopic (exact) mass is 456 g/mol. The van der Waals surface area contributed by atoms with Crippen LogP contribution in [0.5, 0.6) is 11.5 Å². The Hall–Kier alpha value is -3.55. The van der Waals surface area contributed by atoms with Crippen molar-refractivity contribution in [2.24, 2.45) is 22.4 Å². The van der Waals surface area contributed by atoms with E-state index in [9.17, 15) is 9.59 Å². The van der Waals surface area contributed by atoms with E-state index in [0.717, 1.165) is 18.4 Å². The summed E-state index contributed by atoms with van der Waals surface area (Å²) in [5.74, 6) is 1.38. The van der Waals surface area contributed by atoms with E-state index in [1.165, 1.54) is 5.56 Å². The first-order valence-electron chi connectivity index (χ1n) is 10.9. The normalized spacial score (nSPS) is 9.97. The maximum Gasteiger partial charge on any atom is 0.249 e. The van der Waals surface area contributed by atoms with E-state index < -0.39 is 0 Å². The van der Waals surface area contributed by atoms with Gasteiger partial charge >= 0.3 is 0 Å². The summed E-state index contributed by atoms with van der Waals surface area (Å²) in [6.45, 7) is 4.48. The van der Waals surface area contributed by atoms with E-state index in [1.54, 1.807) is 14.2 Å². The lowest BCUT2D eigenvalue weighted by Gasteiger charge is -2.10. The van der Waals surface area contributed by atoms with Crippen molar-refractivity contribution in [1.82, 2.24) is 5.32 Å². The van der Waals surface area contributed by atoms with Crippen LogP contribution in [0.4, 0.5) is 0 Å². The van der Waals surface area contributed by atoms with Gasteiger partial charge < -0.3 is 26.3 Å². The Morgan fingerprint density at radius 3 is 2.18 bits per heavy atom. The number of methoxy groups -OCH3 is 2. The zero-order chi connectivity index (χ0) is 24.6. The maximum absolute atomic E-state index is 11.9. The summed E-state index contributed by atoms with van der Waals surface area (Å²) in [6.07, 6.45) is 2.44. The summed E-state index contributed by atoms with van der Waals surface area (Å²) in [6, 6.07) is 15.8. The van der Waals surface area contributed by atoms with Crippen molar-refractivity contribution < 1.29 is 19.1 Å². The van der Waals surface area contributed by atoms with Crippen LogP contribution in [0, 0.1) is 5.92 Å². The van der Waals surface area contributed by atoms with Gasteiger partial charge in [0.2, 0.25) is 11.8 Å². The Labute approximate surface area is 196 Å². The standard InChI is InChI=1S/C19H23NO3.C6H13N3O/c1-22-17-10-8-16(14-18(17)23-2)12-13-20-19(21)11-9-15-6-4-3-5-7-15;1-4(2)3-5(10)9-6(7)8/h3-8,10,14H,9,11-13H2,1-2H3,(H,20,21);4H,3H2,1-2H3,(H4,7,8,9,10). The Bertz CT molecular complexity index is 895. The van der Waals surface area contributed by atoms with Crippen molar-refractivity contribution in [3.8, 4) is 11.5 Å². The summed E-state index contributed by atoms with van der Waals surface area (Å²) < 4.78 is 10.5. The van der Waals surface area contributed by atoms with Crippen molar-refractivity contribution >= 4 is 17.8 Å². The lowest BCUT2D eigenvalue weighted by Crippen LogP contribution is -2.25. The number of aliphatic imine (C=N–C) groups is 1. The molecule has 0 heterocycles. The third-order valence-electron chi connectivity index (χ3n) is 4.50. The topological polar surface area (TPSA) is 129 Å². The molecule has 0 saturated carbocycles. The van der Waals surface area contributed by atoms with E-state index >= 15 is 0 Å². The first-order valence-corrected chi connectivity index (χ1v) is 10.9. The zero-order valence-electron chi connectivity index (χ0n) is 20.0. The number of nitrogens with one attached hydrogen (secondary N) is 1. The molecule has 2 aromatic rings. The number of hydrogen-bond acceptors (Lipinski definition) is 4. The van der Waals surface area contributed by atoms with Gasteiger partial charge in [-0.3, -0.25) is 9.59 Å². The van der Waals surface area contributed by atoms with Gasteiger partial charge in [0, 0.05) is 19.4 Å². The Kier molecular flexibility index (Phi) is 12.7. The number of rotatable bonds is 10. The molecule has 0 atom stereocenters. The molecule has 2 rings (SSSR count). The van der Waals surface area contributed by atoms with Crippen molar-refractivity contribution in [1.29, 1.82) is 0 Å². The van der Waals surface area contributed by atoms with Gasteiger partial charge in [0.25, 0.3) is 0 Å². The molecule has 5 N–H and O–H groups in total. The van der Waals surface area contributed by atoms with E-state index in [2.05, 4.69) is 10.3 Å². The molecule has 2 aromatic carbocycles. The van der Waals surface area contributed by atoms with E-state index in [0.29, 0.717) is 36.8 Å². The molecule has 180 valence electrons. The lowest BCUT2D eigenvalue weighted by molar-refractivity contribution is -0.121. The summed E-state index contributed by atoms with van der Waals surface area (Å²) in [7, 11) is 3.23. The van der Waals surface area contributed by atoms with Gasteiger partial charge in [-0.05, 0) is 42.0 Å². The molecule has 0 bridgehead atoms. The van der Waals surface area contributed by atoms with Crippen LogP contribution in [0.15, 0.2) is 53.5 Å². The van der Waals surface area contributed by atoms with Crippen molar-refractivity contribution in [2.45, 2.75) is 39.5 Å². The molecule has 0 spiro atoms. The highest BCUT2D eigenvalue weighted by molar-refractivity contribution is 5.91. The summed E-state index contributed by atoms with van der Waals surface area (Å²) in [4.78, 5) is 25.9. The third kappa shape index (κ3) is 12.2. The summed E-state index contributed by atoms with van der Waals surface area (Å²) >= 11 is 0. The number of benzene rings is 2. The minimum absolute atomic E-state index is 0.0781. The van der Waals surface area contributed by atoms with E-state index in [4.69, 9.17) is 20.9 Å². The largest absolute Gasteiger partial charge is 0.493 e. The van der Waals surface area contributed by atoms with Crippen LogP contribution >= 0.6 is 0 Å². The molecule has 2 amide bonds. The number of guanidine groups is 1. The van der Waals surface area contributed by atoms with Gasteiger partial charge in [-0.25, -0.2) is 0 Å². The van der Waals surface area contributed by atoms with Crippen LogP contribution < -0.4 is 26.3 Å². The van der Waals surface area contributed by atoms with Gasteiger partial charge in [0.05, 0.1) is 14.2 Å². The first-order chi connectivity index (χ1) is 15.7. The fourth-order valence-corrected chi connectivity index (χ4v) is 2.91. The second kappa shape index (κ2) is 15.3. The number of amides is 2. The van der Waals surface area contributed by atoms with Gasteiger partial charge in [0.15, 0.2) is 17.5 Å². The lowest BCUT2D eigenvalue weighted by atomic mass is 10.1. The highest BCUT2D eigenvalue weighted by Gasteiger charge is 2.06. The zero-order valence-corrected chi connectivity index (χ0v) is 20.0. The number of carbonyl (C=O) groups is 2. The van der Waals surface area contributed by atoms with Crippen LogP contribution in [0.25, 0.3) is 0 Å². The highest BCUT2D eigenvalue weighted by atomic mass is 16.5. The van der Waals surface area contributed by atoms with Crippen LogP contribution in [-0.2, 0) is 22.4 Å². The third-order valence-corrected chi connectivity index (χ3v) is 4.50. The number of hydrogen-bond donors (Lipinski definition) is 3. The van der Waals surface area contributed by atoms with Gasteiger partial charge in [-0.15, -0.1) is 0 Å². The van der Waals surface area contributed by atoms with E-state index in [1.807, 2.05) is 62.4 Å². The predicted molar refractivity (Wildman–Crippen MR) is 131 cm³/mol. The quantitative estimate of drug-likeness (QED) is 0.372. The minimum Gasteiger partial charge on any atom is -0.493 e. The molecule has 0 radical (unpaired) electrons. The molecule has 0 unspecified atom stereocenters. The Morgan fingerprint density at radius 2 is 1.61 bits per heavy atom. The second-order valence-electron chi connectivity index (χ2n) is 7.80. The van der Waals surface area contributed by atoms with Crippen LogP contribution in [0.2, 0.25) is 0 Å². The van der Waals surface area contributed by atoms with Gasteiger partial charge in [-0.2, -0.15) is 4.99 Å². The molecule has 0 aliphatic heterocycles. The molecule has 0 saturated heterocycles. The molecule has 0 aromatic heterocycles. The van der Waals surface area contributed by atoms with Crippen LogP contribution in [0.1, 0.15) is 37.8 Å². The van der Waals surface area contributed by atoms with Crippen molar-refractivity contribution in [3.63, 3.8) is 0 Å². The number of nitrogens with two attached hydrogens (primary N) is 2. The van der Waals surface area contributed by atoms with Crippen LogP contribution in [0.3, 0.4) is 0 Å². The number of nitrogens with zero attached hydrogens (tertiary/aromatic N) is 1. The molecular formula is C25H36N4O4. The Balaban J connectivity index is 0.000000461. The molecule has 8 heteroatoms. The van der Waals surface area contributed by atoms with Crippen molar-refractivity contribution in [3.05, 3.63) is 59.7 Å². The molecular weight excluding hydrogens is 420 g/mol. The molecule has 0 aliphatic carbocycles. The highest BCUT2D eigenvalue weighted by Crippen LogP contribution is 2.27. The fourth-order valence-electron chi connectivity index (χ4n) is 2.91. The number of aryl methyl sites for hydroxylation is 1. The van der Waals surface area contributed by atoms with Gasteiger partial charge in [0.1, 0.15) is 0 Å². The smallest absolute Gasteiger partial charge is 0.249 e. The molecule has 8 nitrogen and oxygen atoms in total. The van der Waals surface area contributed by atoms with Gasteiger partial charge in [-0.1, -0.05) is 50.2 Å².